The van der Waals surface area contributed by atoms with Crippen LogP contribution >= 0.6 is 0 Å². The van der Waals surface area contributed by atoms with E-state index in [1.807, 2.05) is 60.8 Å². The zero-order valence-corrected chi connectivity index (χ0v) is 26.6. The van der Waals surface area contributed by atoms with E-state index in [-0.39, 0.29) is 13.0 Å². The number of nitrogens with zero attached hydrogens (tertiary/aromatic N) is 2. The molecule has 1 atom stereocenters. The van der Waals surface area contributed by atoms with Crippen LogP contribution in [0, 0.1) is 0 Å². The van der Waals surface area contributed by atoms with Crippen LogP contribution in [0.3, 0.4) is 0 Å². The van der Waals surface area contributed by atoms with Gasteiger partial charge in [0.1, 0.15) is 17.4 Å². The minimum atomic E-state index is -4.51. The standard InChI is InChI=1S/C36H34F3N3O5S/c37-36(38,39)31-21-19-27(20-22-31)23-41-48(45,46)25-33(47-34(43)44)18-10-17-32-24-42(26-40-32)35(28-11-4-1-5-12-28,29-13-6-2-7-14-29)30-15-8-3-9-16-30/h1-9,11-16,19-22,24,26,33,41H,10,17-18,23,25H2,(H,43,44). The first kappa shape index (κ1) is 34.4. The van der Waals surface area contributed by atoms with Crippen molar-refractivity contribution < 1.29 is 36.2 Å². The molecule has 12 heteroatoms. The number of nitrogens with one attached hydrogen (secondary N) is 1. The normalized spacial score (nSPS) is 12.8. The zero-order valence-electron chi connectivity index (χ0n) is 25.8. The quantitative estimate of drug-likeness (QED) is 0.0947. The van der Waals surface area contributed by atoms with Gasteiger partial charge in [-0.3, -0.25) is 0 Å². The fraction of sp³-hybridized carbons (Fsp3) is 0.222. The molecule has 0 saturated carbocycles. The van der Waals surface area contributed by atoms with E-state index < -0.39 is 45.3 Å². The first-order valence-corrected chi connectivity index (χ1v) is 16.9. The molecule has 1 heterocycles. The molecule has 5 rings (SSSR count). The average Bonchev–Trinajstić information content (AvgIpc) is 3.54. The van der Waals surface area contributed by atoms with Crippen LogP contribution in [0.2, 0.25) is 0 Å². The van der Waals surface area contributed by atoms with E-state index in [9.17, 15) is 31.5 Å². The fourth-order valence-corrected chi connectivity index (χ4v) is 7.03. The zero-order chi connectivity index (χ0) is 34.2. The van der Waals surface area contributed by atoms with E-state index in [2.05, 4.69) is 50.7 Å². The van der Waals surface area contributed by atoms with Crippen LogP contribution in [-0.2, 0) is 39.4 Å². The lowest BCUT2D eigenvalue weighted by Gasteiger charge is -2.37. The topological polar surface area (TPSA) is 111 Å². The summed E-state index contributed by atoms with van der Waals surface area (Å²) in [6, 6.07) is 34.3. The number of carboxylic acid groups (broad SMARTS) is 1. The Morgan fingerprint density at radius 1 is 0.812 bits per heavy atom. The minimum Gasteiger partial charge on any atom is -0.450 e. The van der Waals surface area contributed by atoms with Crippen LogP contribution in [-0.4, -0.2) is 41.1 Å². The Balaban J connectivity index is 1.31. The van der Waals surface area contributed by atoms with E-state index in [0.717, 1.165) is 34.5 Å². The van der Waals surface area contributed by atoms with E-state index >= 15 is 0 Å². The number of aromatic nitrogens is 2. The van der Waals surface area contributed by atoms with Gasteiger partial charge in [-0.25, -0.2) is 22.9 Å². The van der Waals surface area contributed by atoms with Crippen molar-refractivity contribution in [1.82, 2.24) is 14.3 Å². The number of aryl methyl sites for hydroxylation is 1. The fourth-order valence-electron chi connectivity index (χ4n) is 5.80. The summed E-state index contributed by atoms with van der Waals surface area (Å²) in [5, 5.41) is 9.27. The van der Waals surface area contributed by atoms with Gasteiger partial charge in [-0.15, -0.1) is 0 Å². The lowest BCUT2D eigenvalue weighted by atomic mass is 9.77. The molecule has 0 spiro atoms. The van der Waals surface area contributed by atoms with Gasteiger partial charge >= 0.3 is 12.3 Å². The summed E-state index contributed by atoms with van der Waals surface area (Å²) in [7, 11) is -4.05. The Bertz CT molecular complexity index is 1790. The van der Waals surface area contributed by atoms with Crippen LogP contribution in [0.15, 0.2) is 128 Å². The number of rotatable bonds is 14. The van der Waals surface area contributed by atoms with Crippen molar-refractivity contribution in [3.05, 3.63) is 161 Å². The highest BCUT2D eigenvalue weighted by Gasteiger charge is 2.38. The summed E-state index contributed by atoms with van der Waals surface area (Å²) < 4.78 is 73.4. The van der Waals surface area contributed by atoms with Crippen LogP contribution in [0.5, 0.6) is 0 Å². The third-order valence-corrected chi connectivity index (χ3v) is 9.40. The van der Waals surface area contributed by atoms with Crippen molar-refractivity contribution in [2.24, 2.45) is 0 Å². The minimum absolute atomic E-state index is 0.0988. The van der Waals surface area contributed by atoms with E-state index in [1.54, 1.807) is 6.33 Å². The summed E-state index contributed by atoms with van der Waals surface area (Å²) >= 11 is 0. The largest absolute Gasteiger partial charge is 0.506 e. The highest BCUT2D eigenvalue weighted by molar-refractivity contribution is 7.89. The Labute approximate surface area is 276 Å². The maximum Gasteiger partial charge on any atom is 0.506 e. The molecule has 0 amide bonds. The molecule has 8 nitrogen and oxygen atoms in total. The van der Waals surface area contributed by atoms with Gasteiger partial charge in [-0.2, -0.15) is 13.2 Å². The van der Waals surface area contributed by atoms with Crippen molar-refractivity contribution in [2.75, 3.05) is 5.75 Å². The predicted molar refractivity (Wildman–Crippen MR) is 175 cm³/mol. The molecule has 0 aliphatic rings. The average molecular weight is 678 g/mol. The number of alkyl halides is 3. The molecular formula is C36H34F3N3O5S. The highest BCUT2D eigenvalue weighted by Crippen LogP contribution is 2.40. The molecule has 250 valence electrons. The molecule has 2 N–H and O–H groups in total. The van der Waals surface area contributed by atoms with Crippen LogP contribution in [0.1, 0.15) is 46.4 Å². The van der Waals surface area contributed by atoms with Crippen molar-refractivity contribution in [1.29, 1.82) is 0 Å². The summed E-state index contributed by atoms with van der Waals surface area (Å²) in [5.74, 6) is -0.645. The van der Waals surface area contributed by atoms with Crippen LogP contribution in [0.4, 0.5) is 18.0 Å². The smallest absolute Gasteiger partial charge is 0.450 e. The molecule has 0 radical (unpaired) electrons. The lowest BCUT2D eigenvalue weighted by Crippen LogP contribution is -2.36. The number of ether oxygens (including phenoxy) is 1. The van der Waals surface area contributed by atoms with Crippen LogP contribution < -0.4 is 4.72 Å². The summed E-state index contributed by atoms with van der Waals surface area (Å²) in [6.07, 6.45) is -2.69. The van der Waals surface area contributed by atoms with Crippen molar-refractivity contribution in [3.63, 3.8) is 0 Å². The SMILES string of the molecule is O=C(O)OC(CCCc1cn(C(c2ccccc2)(c2ccccc2)c2ccccc2)cn1)CS(=O)(=O)NCc1ccc(C(F)(F)F)cc1. The Morgan fingerprint density at radius 2 is 1.33 bits per heavy atom. The van der Waals surface area contributed by atoms with E-state index in [4.69, 9.17) is 4.74 Å². The molecule has 0 fully saturated rings. The maximum absolute atomic E-state index is 12.8. The second-order valence-corrected chi connectivity index (χ2v) is 13.1. The van der Waals surface area contributed by atoms with Crippen molar-refractivity contribution in [3.8, 4) is 0 Å². The number of carbonyl (C=O) groups is 1. The number of sulfonamides is 1. The Hall–Kier alpha value is -4.94. The number of imidazole rings is 1. The maximum atomic E-state index is 12.8. The third kappa shape index (κ3) is 8.31. The van der Waals surface area contributed by atoms with Crippen LogP contribution in [0.25, 0.3) is 0 Å². The molecule has 1 aromatic heterocycles. The molecule has 1 unspecified atom stereocenters. The Morgan fingerprint density at radius 3 is 1.81 bits per heavy atom. The number of hydrogen-bond acceptors (Lipinski definition) is 5. The van der Waals surface area contributed by atoms with Crippen molar-refractivity contribution >= 4 is 16.2 Å². The van der Waals surface area contributed by atoms with Gasteiger partial charge < -0.3 is 14.4 Å². The molecule has 0 aliphatic heterocycles. The number of halogens is 3. The third-order valence-electron chi connectivity index (χ3n) is 8.01. The van der Waals surface area contributed by atoms with Crippen molar-refractivity contribution in [2.45, 2.75) is 43.6 Å². The molecule has 5 aromatic rings. The van der Waals surface area contributed by atoms with Gasteiger partial charge in [0.2, 0.25) is 10.0 Å². The Kier molecular flexibility index (Phi) is 10.7. The number of hydrogen-bond donors (Lipinski definition) is 2. The molecule has 0 aliphatic carbocycles. The van der Waals surface area contributed by atoms with Gasteiger partial charge in [0, 0.05) is 12.7 Å². The first-order chi connectivity index (χ1) is 23.0. The second-order valence-electron chi connectivity index (χ2n) is 11.3. The lowest BCUT2D eigenvalue weighted by molar-refractivity contribution is -0.137. The second kappa shape index (κ2) is 14.9. The van der Waals surface area contributed by atoms with Gasteiger partial charge in [0.15, 0.2) is 0 Å². The predicted octanol–water partition coefficient (Wildman–Crippen LogP) is 7.25. The monoisotopic (exact) mass is 677 g/mol. The molecule has 4 aromatic carbocycles. The number of benzene rings is 4. The van der Waals surface area contributed by atoms with E-state index in [0.29, 0.717) is 18.4 Å². The van der Waals surface area contributed by atoms with Gasteiger partial charge in [-0.1, -0.05) is 103 Å². The first-order valence-electron chi connectivity index (χ1n) is 15.2. The van der Waals surface area contributed by atoms with Gasteiger partial charge in [-0.05, 0) is 53.6 Å². The molecule has 0 bridgehead atoms. The summed E-state index contributed by atoms with van der Waals surface area (Å²) in [5.41, 5.74) is 2.51. The highest BCUT2D eigenvalue weighted by atomic mass is 32.2. The molecule has 0 saturated heterocycles. The van der Waals surface area contributed by atoms with Gasteiger partial charge in [0.25, 0.3) is 0 Å². The van der Waals surface area contributed by atoms with E-state index in [1.165, 1.54) is 12.1 Å². The van der Waals surface area contributed by atoms with Gasteiger partial charge in [0.05, 0.1) is 17.6 Å². The summed E-state index contributed by atoms with van der Waals surface area (Å²) in [4.78, 5) is 16.1. The molecular weight excluding hydrogens is 643 g/mol. The molecule has 48 heavy (non-hydrogen) atoms. The summed E-state index contributed by atoms with van der Waals surface area (Å²) in [6.45, 7) is -0.260.